The van der Waals surface area contributed by atoms with Crippen LogP contribution in [0.3, 0.4) is 0 Å². The van der Waals surface area contributed by atoms with Crippen LogP contribution in [0.15, 0.2) is 49.2 Å². The van der Waals surface area contributed by atoms with Crippen molar-refractivity contribution in [1.82, 2.24) is 29.5 Å². The molecule has 0 aliphatic rings. The Hall–Kier alpha value is -3.55. The zero-order valence-corrected chi connectivity index (χ0v) is 16.0. The van der Waals surface area contributed by atoms with Crippen LogP contribution < -0.4 is 10.1 Å². The van der Waals surface area contributed by atoms with Gasteiger partial charge in [0.15, 0.2) is 17.3 Å². The highest BCUT2D eigenvalue weighted by atomic mass is 16.5. The first kappa shape index (κ1) is 17.8. The van der Waals surface area contributed by atoms with Gasteiger partial charge in [0.05, 0.1) is 13.4 Å². The zero-order valence-electron chi connectivity index (χ0n) is 16.0. The van der Waals surface area contributed by atoms with Crippen molar-refractivity contribution in [2.45, 2.75) is 26.4 Å². The highest BCUT2D eigenvalue weighted by Crippen LogP contribution is 2.26. The lowest BCUT2D eigenvalue weighted by Crippen LogP contribution is -2.06. The molecule has 0 radical (unpaired) electrons. The largest absolute Gasteiger partial charge is 0.481 e. The molecule has 0 spiro atoms. The van der Waals surface area contributed by atoms with Crippen molar-refractivity contribution in [1.29, 1.82) is 0 Å². The van der Waals surface area contributed by atoms with Crippen LogP contribution in [-0.2, 0) is 6.54 Å². The number of hydrogen-bond acceptors (Lipinski definition) is 7. The molecule has 4 heterocycles. The van der Waals surface area contributed by atoms with Gasteiger partial charge in [-0.15, -0.1) is 0 Å². The van der Waals surface area contributed by atoms with E-state index in [0.717, 1.165) is 22.3 Å². The molecule has 0 aliphatic carbocycles. The number of anilines is 1. The third-order valence-electron chi connectivity index (χ3n) is 4.36. The van der Waals surface area contributed by atoms with Crippen LogP contribution in [0, 0.1) is 0 Å². The van der Waals surface area contributed by atoms with E-state index in [0.29, 0.717) is 24.1 Å². The third-order valence-corrected chi connectivity index (χ3v) is 4.36. The second-order valence-electron chi connectivity index (χ2n) is 6.62. The summed E-state index contributed by atoms with van der Waals surface area (Å²) < 4.78 is 7.17. The van der Waals surface area contributed by atoms with Crippen molar-refractivity contribution in [3.63, 3.8) is 0 Å². The van der Waals surface area contributed by atoms with E-state index >= 15 is 0 Å². The summed E-state index contributed by atoms with van der Waals surface area (Å²) >= 11 is 0. The van der Waals surface area contributed by atoms with Crippen molar-refractivity contribution < 1.29 is 4.74 Å². The summed E-state index contributed by atoms with van der Waals surface area (Å²) in [5, 5.41) is 3.38. The minimum absolute atomic E-state index is 0.230. The van der Waals surface area contributed by atoms with Crippen molar-refractivity contribution in [2.24, 2.45) is 0 Å². The number of imidazole rings is 1. The molecule has 0 aromatic carbocycles. The molecule has 0 unspecified atom stereocenters. The third kappa shape index (κ3) is 3.48. The van der Waals surface area contributed by atoms with Gasteiger partial charge in [0, 0.05) is 42.8 Å². The maximum atomic E-state index is 5.14. The highest BCUT2D eigenvalue weighted by molar-refractivity contribution is 5.85. The Labute approximate surface area is 162 Å². The Morgan fingerprint density at radius 1 is 1.11 bits per heavy atom. The number of aromatic nitrogens is 6. The van der Waals surface area contributed by atoms with Crippen molar-refractivity contribution in [3.05, 3.63) is 54.7 Å². The summed E-state index contributed by atoms with van der Waals surface area (Å²) in [5.74, 6) is 1.81. The minimum Gasteiger partial charge on any atom is -0.481 e. The van der Waals surface area contributed by atoms with E-state index in [-0.39, 0.29) is 6.04 Å². The van der Waals surface area contributed by atoms with Gasteiger partial charge in [0.1, 0.15) is 5.52 Å². The van der Waals surface area contributed by atoms with Gasteiger partial charge in [-0.3, -0.25) is 4.98 Å². The van der Waals surface area contributed by atoms with Crippen molar-refractivity contribution in [2.75, 3.05) is 12.4 Å². The maximum absolute atomic E-state index is 5.14. The van der Waals surface area contributed by atoms with Crippen molar-refractivity contribution in [3.8, 4) is 17.3 Å². The van der Waals surface area contributed by atoms with E-state index in [1.807, 2.05) is 29.0 Å². The number of methoxy groups -OCH3 is 1. The van der Waals surface area contributed by atoms with Crippen LogP contribution in [0.25, 0.3) is 22.6 Å². The predicted octanol–water partition coefficient (Wildman–Crippen LogP) is 3.48. The normalized spacial score (nSPS) is 11.1. The molecule has 0 saturated heterocycles. The summed E-state index contributed by atoms with van der Waals surface area (Å²) in [6, 6.07) is 7.85. The fourth-order valence-electron chi connectivity index (χ4n) is 2.87. The molecule has 4 aromatic heterocycles. The molecule has 0 amide bonds. The van der Waals surface area contributed by atoms with Gasteiger partial charge in [-0.1, -0.05) is 6.07 Å². The molecule has 0 aliphatic heterocycles. The van der Waals surface area contributed by atoms with Crippen molar-refractivity contribution >= 4 is 17.0 Å². The summed E-state index contributed by atoms with van der Waals surface area (Å²) in [5.41, 5.74) is 3.39. The summed E-state index contributed by atoms with van der Waals surface area (Å²) in [6.45, 7) is 4.79. The molecule has 28 heavy (non-hydrogen) atoms. The maximum Gasteiger partial charge on any atom is 0.212 e. The van der Waals surface area contributed by atoms with Gasteiger partial charge in [-0.25, -0.2) is 19.9 Å². The van der Waals surface area contributed by atoms with Crippen LogP contribution in [-0.4, -0.2) is 36.6 Å². The van der Waals surface area contributed by atoms with Crippen LogP contribution in [0.5, 0.6) is 5.88 Å². The Balaban J connectivity index is 1.77. The summed E-state index contributed by atoms with van der Waals surface area (Å²) in [6.07, 6.45) is 7.09. The van der Waals surface area contributed by atoms with E-state index in [1.54, 1.807) is 31.9 Å². The van der Waals surface area contributed by atoms with Crippen LogP contribution in [0.4, 0.5) is 5.82 Å². The molecule has 4 aromatic rings. The fourth-order valence-corrected chi connectivity index (χ4v) is 2.87. The fraction of sp³-hybridized carbons (Fsp3) is 0.250. The number of rotatable bonds is 6. The molecular formula is C20H21N7O. The van der Waals surface area contributed by atoms with Crippen LogP contribution in [0.1, 0.15) is 25.5 Å². The predicted molar refractivity (Wildman–Crippen MR) is 107 cm³/mol. The van der Waals surface area contributed by atoms with Crippen LogP contribution in [0.2, 0.25) is 0 Å². The SMILES string of the molecule is COc1ccc(-c2nc(NCc3cccnc3)c3ncn(C(C)C)c3n2)cn1. The first-order valence-corrected chi connectivity index (χ1v) is 9.03. The van der Waals surface area contributed by atoms with Gasteiger partial charge in [-0.05, 0) is 31.5 Å². The smallest absolute Gasteiger partial charge is 0.212 e. The lowest BCUT2D eigenvalue weighted by Gasteiger charge is -2.11. The molecule has 142 valence electrons. The minimum atomic E-state index is 0.230. The Bertz CT molecular complexity index is 1080. The van der Waals surface area contributed by atoms with Gasteiger partial charge in [0.25, 0.3) is 0 Å². The number of fused-ring (bicyclic) bond motifs is 1. The first-order valence-electron chi connectivity index (χ1n) is 9.03. The molecule has 0 saturated carbocycles. The molecule has 0 atom stereocenters. The van der Waals surface area contributed by atoms with Gasteiger partial charge >= 0.3 is 0 Å². The lowest BCUT2D eigenvalue weighted by molar-refractivity contribution is 0.398. The van der Waals surface area contributed by atoms with E-state index in [9.17, 15) is 0 Å². The van der Waals surface area contributed by atoms with E-state index in [1.165, 1.54) is 0 Å². The standard InChI is InChI=1S/C20H21N7O/c1-13(2)27-12-24-17-19(23-10-14-5-4-8-21-9-14)25-18(26-20(17)27)15-6-7-16(28-3)22-11-15/h4-9,11-13H,10H2,1-3H3,(H,23,25,26). The quantitative estimate of drug-likeness (QED) is 0.552. The molecule has 0 bridgehead atoms. The second kappa shape index (κ2) is 7.59. The zero-order chi connectivity index (χ0) is 19.5. The average molecular weight is 375 g/mol. The molecule has 8 heteroatoms. The number of nitrogens with zero attached hydrogens (tertiary/aromatic N) is 6. The average Bonchev–Trinajstić information content (AvgIpc) is 3.17. The molecule has 1 N–H and O–H groups in total. The Morgan fingerprint density at radius 3 is 2.68 bits per heavy atom. The van der Waals surface area contributed by atoms with E-state index in [2.05, 4.69) is 34.1 Å². The highest BCUT2D eigenvalue weighted by Gasteiger charge is 2.16. The number of nitrogens with one attached hydrogen (secondary N) is 1. The van der Waals surface area contributed by atoms with Gasteiger partial charge < -0.3 is 14.6 Å². The number of ether oxygens (including phenoxy) is 1. The van der Waals surface area contributed by atoms with E-state index in [4.69, 9.17) is 14.7 Å². The number of hydrogen-bond donors (Lipinski definition) is 1. The Kier molecular flexibility index (Phi) is 4.84. The van der Waals surface area contributed by atoms with E-state index < -0.39 is 0 Å². The molecule has 0 fully saturated rings. The molecule has 8 nitrogen and oxygen atoms in total. The molecule has 4 rings (SSSR count). The Morgan fingerprint density at radius 2 is 2.00 bits per heavy atom. The van der Waals surface area contributed by atoms with Gasteiger partial charge in [-0.2, -0.15) is 0 Å². The lowest BCUT2D eigenvalue weighted by atomic mass is 10.2. The summed E-state index contributed by atoms with van der Waals surface area (Å²) in [7, 11) is 1.59. The van der Waals surface area contributed by atoms with Crippen LogP contribution >= 0.6 is 0 Å². The monoisotopic (exact) mass is 375 g/mol. The number of pyridine rings is 2. The van der Waals surface area contributed by atoms with Gasteiger partial charge in [0.2, 0.25) is 5.88 Å². The topological polar surface area (TPSA) is 90.6 Å². The summed E-state index contributed by atoms with van der Waals surface area (Å²) in [4.78, 5) is 22.4. The first-order chi connectivity index (χ1) is 13.7. The molecular weight excluding hydrogens is 354 g/mol. The second-order valence-corrected chi connectivity index (χ2v) is 6.62.